The molecule has 158 valence electrons. The molecule has 0 aromatic carbocycles. The number of nitriles is 1. The van der Waals surface area contributed by atoms with Gasteiger partial charge in [-0.15, -0.1) is 0 Å². The number of imide groups is 1. The Balaban J connectivity index is 2.85. The summed E-state index contributed by atoms with van der Waals surface area (Å²) in [6.45, 7) is 9.13. The van der Waals surface area contributed by atoms with Gasteiger partial charge < -0.3 is 19.4 Å². The summed E-state index contributed by atoms with van der Waals surface area (Å²) >= 11 is 0. The van der Waals surface area contributed by atoms with Gasteiger partial charge in [0, 0.05) is 24.5 Å². The van der Waals surface area contributed by atoms with Crippen molar-refractivity contribution in [1.82, 2.24) is 15.2 Å². The van der Waals surface area contributed by atoms with E-state index in [0.717, 1.165) is 11.4 Å². The van der Waals surface area contributed by atoms with Gasteiger partial charge in [-0.05, 0) is 52.3 Å². The monoisotopic (exact) mass is 404 g/mol. The van der Waals surface area contributed by atoms with Crippen LogP contribution < -0.4 is 10.6 Å². The van der Waals surface area contributed by atoms with Crippen molar-refractivity contribution in [2.24, 2.45) is 0 Å². The smallest absolute Gasteiger partial charge is 0.349 e. The van der Waals surface area contributed by atoms with Gasteiger partial charge in [0.2, 0.25) is 0 Å². The zero-order chi connectivity index (χ0) is 22.1. The van der Waals surface area contributed by atoms with E-state index in [0.29, 0.717) is 12.2 Å². The van der Waals surface area contributed by atoms with Crippen LogP contribution >= 0.6 is 0 Å². The molecular formula is C20H28N4O5. The average Bonchev–Trinajstić information content (AvgIpc) is 2.90. The number of nitrogens with zero attached hydrogens (tertiary/aromatic N) is 2. The lowest BCUT2D eigenvalue weighted by atomic mass is 10.1. The second-order valence-electron chi connectivity index (χ2n) is 6.92. The summed E-state index contributed by atoms with van der Waals surface area (Å²) < 4.78 is 12.1. The van der Waals surface area contributed by atoms with Crippen LogP contribution in [-0.2, 0) is 19.1 Å². The second-order valence-corrected chi connectivity index (χ2v) is 6.92. The van der Waals surface area contributed by atoms with Gasteiger partial charge in [-0.3, -0.25) is 10.1 Å². The highest BCUT2D eigenvalue weighted by atomic mass is 16.5. The lowest BCUT2D eigenvalue weighted by Gasteiger charge is -2.17. The molecule has 29 heavy (non-hydrogen) atoms. The number of hydrogen-bond donors (Lipinski definition) is 2. The number of carbonyl (C=O) groups excluding carboxylic acids is 3. The minimum absolute atomic E-state index is 0.0836. The molecule has 9 nitrogen and oxygen atoms in total. The number of carbonyl (C=O) groups is 3. The van der Waals surface area contributed by atoms with Crippen molar-refractivity contribution in [3.05, 3.63) is 28.6 Å². The Bertz CT molecular complexity index is 833. The summed E-state index contributed by atoms with van der Waals surface area (Å²) in [4.78, 5) is 35.3. The minimum atomic E-state index is -0.943. The zero-order valence-electron chi connectivity index (χ0n) is 17.7. The summed E-state index contributed by atoms with van der Waals surface area (Å²) in [5, 5.41) is 13.8. The molecule has 3 amide bonds. The fourth-order valence-electron chi connectivity index (χ4n) is 2.90. The maximum atomic E-state index is 12.2. The van der Waals surface area contributed by atoms with E-state index in [1.54, 1.807) is 27.0 Å². The summed E-state index contributed by atoms with van der Waals surface area (Å²) in [7, 11) is 1.62. The van der Waals surface area contributed by atoms with Gasteiger partial charge in [0.1, 0.15) is 11.6 Å². The van der Waals surface area contributed by atoms with Crippen LogP contribution in [0.3, 0.4) is 0 Å². The lowest BCUT2D eigenvalue weighted by Crippen LogP contribution is -2.44. The summed E-state index contributed by atoms with van der Waals surface area (Å²) in [6, 6.07) is 2.90. The first kappa shape index (κ1) is 23.9. The van der Waals surface area contributed by atoms with Crippen LogP contribution in [0.5, 0.6) is 0 Å². The van der Waals surface area contributed by atoms with Gasteiger partial charge in [-0.2, -0.15) is 5.26 Å². The highest BCUT2D eigenvalue weighted by Gasteiger charge is 2.18. The molecule has 2 N–H and O–H groups in total. The van der Waals surface area contributed by atoms with Crippen molar-refractivity contribution in [3.63, 3.8) is 0 Å². The Morgan fingerprint density at radius 1 is 1.28 bits per heavy atom. The van der Waals surface area contributed by atoms with Crippen molar-refractivity contribution in [3.8, 4) is 6.07 Å². The fraction of sp³-hybridized carbons (Fsp3) is 0.500. The molecule has 0 fully saturated rings. The number of aryl methyl sites for hydroxylation is 1. The normalized spacial score (nSPS) is 12.3. The molecule has 0 bridgehead atoms. The first-order chi connectivity index (χ1) is 13.6. The Kier molecular flexibility index (Phi) is 9.09. The molecule has 1 aromatic rings. The van der Waals surface area contributed by atoms with Gasteiger partial charge in [0.25, 0.3) is 5.91 Å². The third kappa shape index (κ3) is 7.08. The van der Waals surface area contributed by atoms with E-state index in [4.69, 9.17) is 9.47 Å². The molecule has 1 rings (SSSR count). The van der Waals surface area contributed by atoms with Crippen molar-refractivity contribution in [2.75, 3.05) is 20.3 Å². The van der Waals surface area contributed by atoms with Crippen molar-refractivity contribution >= 4 is 24.0 Å². The number of amides is 3. The average molecular weight is 404 g/mol. The largest absolute Gasteiger partial charge is 0.451 e. The number of esters is 1. The van der Waals surface area contributed by atoms with Crippen LogP contribution in [0.1, 0.15) is 43.8 Å². The van der Waals surface area contributed by atoms with Crippen molar-refractivity contribution < 1.29 is 23.9 Å². The molecule has 1 atom stereocenters. The SMILES string of the molecule is COC[C@@H](C)n1c(C)cc(/C=C(\C#N)C(=O)OCC(=O)NC(=O)NC(C)C)c1C. The molecule has 0 radical (unpaired) electrons. The molecule has 0 aliphatic heterocycles. The highest BCUT2D eigenvalue weighted by Crippen LogP contribution is 2.23. The first-order valence-electron chi connectivity index (χ1n) is 9.17. The van der Waals surface area contributed by atoms with Gasteiger partial charge in [0.15, 0.2) is 6.61 Å². The van der Waals surface area contributed by atoms with Crippen molar-refractivity contribution in [2.45, 2.75) is 46.7 Å². The maximum Gasteiger partial charge on any atom is 0.349 e. The van der Waals surface area contributed by atoms with Gasteiger partial charge >= 0.3 is 12.0 Å². The predicted molar refractivity (Wildman–Crippen MR) is 107 cm³/mol. The lowest BCUT2D eigenvalue weighted by molar-refractivity contribution is -0.144. The number of aromatic nitrogens is 1. The molecule has 1 heterocycles. The Hall–Kier alpha value is -3.12. The summed E-state index contributed by atoms with van der Waals surface area (Å²) in [6.07, 6.45) is 1.42. The number of hydrogen-bond acceptors (Lipinski definition) is 6. The third-order valence-corrected chi connectivity index (χ3v) is 4.02. The van der Waals surface area contributed by atoms with Crippen LogP contribution in [0.25, 0.3) is 6.08 Å². The van der Waals surface area contributed by atoms with Crippen LogP contribution in [0.4, 0.5) is 4.79 Å². The zero-order valence-corrected chi connectivity index (χ0v) is 17.7. The molecule has 0 saturated carbocycles. The number of nitrogens with one attached hydrogen (secondary N) is 2. The van der Waals surface area contributed by atoms with E-state index in [2.05, 4.69) is 9.88 Å². The van der Waals surface area contributed by atoms with Crippen LogP contribution in [0, 0.1) is 25.2 Å². The van der Waals surface area contributed by atoms with Gasteiger partial charge in [-0.1, -0.05) is 0 Å². The Morgan fingerprint density at radius 2 is 1.93 bits per heavy atom. The van der Waals surface area contributed by atoms with E-state index in [9.17, 15) is 19.6 Å². The van der Waals surface area contributed by atoms with Gasteiger partial charge in [0.05, 0.1) is 12.6 Å². The molecule has 0 spiro atoms. The summed E-state index contributed by atoms with van der Waals surface area (Å²) in [5.74, 6) is -1.73. The van der Waals surface area contributed by atoms with Crippen molar-refractivity contribution in [1.29, 1.82) is 5.26 Å². The first-order valence-corrected chi connectivity index (χ1v) is 9.17. The fourth-order valence-corrected chi connectivity index (χ4v) is 2.90. The quantitative estimate of drug-likeness (QED) is 0.388. The van der Waals surface area contributed by atoms with E-state index < -0.39 is 24.5 Å². The van der Waals surface area contributed by atoms with E-state index >= 15 is 0 Å². The molecular weight excluding hydrogens is 376 g/mol. The second kappa shape index (κ2) is 11.0. The molecule has 0 unspecified atom stereocenters. The van der Waals surface area contributed by atoms with Gasteiger partial charge in [-0.25, -0.2) is 9.59 Å². The molecule has 0 saturated heterocycles. The Labute approximate surface area is 170 Å². The maximum absolute atomic E-state index is 12.2. The minimum Gasteiger partial charge on any atom is -0.451 e. The third-order valence-electron chi connectivity index (χ3n) is 4.02. The van der Waals surface area contributed by atoms with E-state index in [1.807, 2.05) is 32.2 Å². The number of urea groups is 1. The Morgan fingerprint density at radius 3 is 2.48 bits per heavy atom. The molecule has 1 aromatic heterocycles. The van der Waals surface area contributed by atoms with Crippen LogP contribution in [-0.4, -0.2) is 48.8 Å². The standard InChI is InChI=1S/C20H28N4O5/c1-12(2)22-20(27)23-18(25)11-29-19(26)17(9-21)8-16-7-13(3)24(15(16)5)14(4)10-28-6/h7-8,12,14H,10-11H2,1-6H3,(H2,22,23,25,27)/b17-8+/t14-/m1/s1. The molecule has 0 aliphatic rings. The molecule has 9 heteroatoms. The number of rotatable bonds is 8. The topological polar surface area (TPSA) is 122 Å². The van der Waals surface area contributed by atoms with E-state index in [-0.39, 0.29) is 17.7 Å². The number of methoxy groups -OCH3 is 1. The molecule has 0 aliphatic carbocycles. The van der Waals surface area contributed by atoms with E-state index in [1.165, 1.54) is 6.08 Å². The van der Waals surface area contributed by atoms with Crippen LogP contribution in [0.2, 0.25) is 0 Å². The van der Waals surface area contributed by atoms with Crippen LogP contribution in [0.15, 0.2) is 11.6 Å². The summed E-state index contributed by atoms with van der Waals surface area (Å²) in [5.41, 5.74) is 2.28. The highest BCUT2D eigenvalue weighted by molar-refractivity contribution is 6.00. The predicted octanol–water partition coefficient (Wildman–Crippen LogP) is 2.00. The number of ether oxygens (including phenoxy) is 2.